The number of aryl methyl sites for hydroxylation is 2. The van der Waals surface area contributed by atoms with Gasteiger partial charge < -0.3 is 4.74 Å². The fourth-order valence-electron chi connectivity index (χ4n) is 4.00. The number of hydrogen-bond acceptors (Lipinski definition) is 7. The summed E-state index contributed by atoms with van der Waals surface area (Å²) < 4.78 is 7.59. The Bertz CT molecular complexity index is 1030. The van der Waals surface area contributed by atoms with Crippen LogP contribution >= 0.6 is 0 Å². The summed E-state index contributed by atoms with van der Waals surface area (Å²) in [5.74, 6) is -0.366. The standard InChI is InChI=1S/C23H33N7O2/c1-8-9-17(22(31)32-23(4,5)6)18(21-25-28-29-26-21)12-16-10-11-19(24-13-16)20-14(2)27-30(7)15(20)3/h10-11,13,17-18H,8-9,12H2,1-7H3,(H,25,26,28,29)/t17-,18-/m0/s1. The van der Waals surface area contributed by atoms with Gasteiger partial charge in [0.1, 0.15) is 5.60 Å². The Morgan fingerprint density at radius 1 is 1.25 bits per heavy atom. The Hall–Kier alpha value is -3.10. The van der Waals surface area contributed by atoms with Gasteiger partial charge in [-0.25, -0.2) is 0 Å². The lowest BCUT2D eigenvalue weighted by atomic mass is 9.83. The van der Waals surface area contributed by atoms with E-state index >= 15 is 0 Å². The van der Waals surface area contributed by atoms with Gasteiger partial charge >= 0.3 is 5.97 Å². The average Bonchev–Trinajstić information content (AvgIpc) is 3.32. The molecule has 2 atom stereocenters. The largest absolute Gasteiger partial charge is 0.460 e. The van der Waals surface area contributed by atoms with E-state index in [1.807, 2.05) is 64.7 Å². The second kappa shape index (κ2) is 9.58. The van der Waals surface area contributed by atoms with Gasteiger partial charge in [0, 0.05) is 30.4 Å². The lowest BCUT2D eigenvalue weighted by Crippen LogP contribution is -2.33. The van der Waals surface area contributed by atoms with Crippen molar-refractivity contribution < 1.29 is 9.53 Å². The number of ether oxygens (including phenoxy) is 1. The van der Waals surface area contributed by atoms with Crippen LogP contribution in [0.25, 0.3) is 11.3 Å². The van der Waals surface area contributed by atoms with Gasteiger partial charge in [-0.3, -0.25) is 14.5 Å². The molecule has 0 amide bonds. The third kappa shape index (κ3) is 5.38. The molecule has 9 nitrogen and oxygen atoms in total. The fourth-order valence-corrected chi connectivity index (χ4v) is 4.00. The first-order valence-electron chi connectivity index (χ1n) is 11.0. The molecule has 9 heteroatoms. The molecule has 0 spiro atoms. The number of hydrogen-bond donors (Lipinski definition) is 1. The van der Waals surface area contributed by atoms with Crippen molar-refractivity contribution in [3.05, 3.63) is 41.1 Å². The van der Waals surface area contributed by atoms with Crippen LogP contribution in [0.15, 0.2) is 18.3 Å². The number of nitrogens with zero attached hydrogens (tertiary/aromatic N) is 6. The molecular weight excluding hydrogens is 406 g/mol. The summed E-state index contributed by atoms with van der Waals surface area (Å²) in [5, 5.41) is 19.1. The summed E-state index contributed by atoms with van der Waals surface area (Å²) in [7, 11) is 1.93. The summed E-state index contributed by atoms with van der Waals surface area (Å²) in [6, 6.07) is 4.04. The minimum absolute atomic E-state index is 0.236. The highest BCUT2D eigenvalue weighted by Crippen LogP contribution is 2.32. The summed E-state index contributed by atoms with van der Waals surface area (Å²) >= 11 is 0. The van der Waals surface area contributed by atoms with Crippen molar-refractivity contribution >= 4 is 5.97 Å². The van der Waals surface area contributed by atoms with Gasteiger partial charge in [0.2, 0.25) is 0 Å². The molecule has 0 unspecified atom stereocenters. The Balaban J connectivity index is 1.89. The number of aromatic nitrogens is 7. The van der Waals surface area contributed by atoms with Crippen molar-refractivity contribution in [1.82, 2.24) is 35.4 Å². The smallest absolute Gasteiger partial charge is 0.310 e. The van der Waals surface area contributed by atoms with Crippen LogP contribution in [0.4, 0.5) is 0 Å². The van der Waals surface area contributed by atoms with Crippen molar-refractivity contribution in [2.45, 2.75) is 72.3 Å². The highest BCUT2D eigenvalue weighted by Gasteiger charge is 2.35. The number of esters is 1. The van der Waals surface area contributed by atoms with Gasteiger partial charge in [0.05, 0.1) is 17.3 Å². The number of nitrogens with one attached hydrogen (secondary N) is 1. The molecule has 1 N–H and O–H groups in total. The summed E-state index contributed by atoms with van der Waals surface area (Å²) in [5.41, 5.74) is 4.38. The number of H-pyrrole nitrogens is 1. The van der Waals surface area contributed by atoms with Gasteiger partial charge in [-0.2, -0.15) is 10.3 Å². The van der Waals surface area contributed by atoms with Crippen LogP contribution in [0.1, 0.15) is 69.2 Å². The van der Waals surface area contributed by atoms with Gasteiger partial charge in [-0.15, -0.1) is 10.2 Å². The summed E-state index contributed by atoms with van der Waals surface area (Å²) in [6.45, 7) is 11.7. The molecule has 0 saturated carbocycles. The van der Waals surface area contributed by atoms with E-state index < -0.39 is 5.60 Å². The van der Waals surface area contributed by atoms with E-state index in [-0.39, 0.29) is 17.8 Å². The van der Waals surface area contributed by atoms with Gasteiger partial charge in [-0.1, -0.05) is 24.6 Å². The maximum atomic E-state index is 13.1. The van der Waals surface area contributed by atoms with Crippen LogP contribution in [-0.2, 0) is 23.0 Å². The molecule has 0 bridgehead atoms. The predicted octanol–water partition coefficient (Wildman–Crippen LogP) is 3.70. The van der Waals surface area contributed by atoms with Crippen LogP contribution < -0.4 is 0 Å². The van der Waals surface area contributed by atoms with E-state index in [0.29, 0.717) is 18.7 Å². The molecule has 32 heavy (non-hydrogen) atoms. The quantitative estimate of drug-likeness (QED) is 0.533. The average molecular weight is 440 g/mol. The van der Waals surface area contributed by atoms with E-state index in [9.17, 15) is 4.79 Å². The first-order chi connectivity index (χ1) is 15.1. The maximum absolute atomic E-state index is 13.1. The minimum atomic E-state index is -0.562. The Morgan fingerprint density at radius 2 is 2.00 bits per heavy atom. The van der Waals surface area contributed by atoms with E-state index in [2.05, 4.69) is 32.6 Å². The lowest BCUT2D eigenvalue weighted by Gasteiger charge is -2.27. The monoisotopic (exact) mass is 439 g/mol. The molecule has 3 rings (SSSR count). The molecule has 3 aromatic rings. The molecule has 0 aliphatic rings. The van der Waals surface area contributed by atoms with Crippen LogP contribution in [0, 0.1) is 19.8 Å². The first-order valence-corrected chi connectivity index (χ1v) is 11.0. The second-order valence-corrected chi connectivity index (χ2v) is 9.23. The molecule has 3 aromatic heterocycles. The number of tetrazole rings is 1. The van der Waals surface area contributed by atoms with E-state index in [0.717, 1.165) is 34.6 Å². The third-order valence-corrected chi connectivity index (χ3v) is 5.53. The number of pyridine rings is 1. The number of carbonyl (C=O) groups is 1. The van der Waals surface area contributed by atoms with Crippen LogP contribution in [0.5, 0.6) is 0 Å². The van der Waals surface area contributed by atoms with Crippen molar-refractivity contribution in [1.29, 1.82) is 0 Å². The molecule has 172 valence electrons. The molecular formula is C23H33N7O2. The maximum Gasteiger partial charge on any atom is 0.310 e. The van der Waals surface area contributed by atoms with E-state index in [1.165, 1.54) is 0 Å². The molecule has 0 aliphatic carbocycles. The van der Waals surface area contributed by atoms with E-state index in [4.69, 9.17) is 9.72 Å². The number of rotatable bonds is 8. The second-order valence-electron chi connectivity index (χ2n) is 9.23. The highest BCUT2D eigenvalue weighted by molar-refractivity contribution is 5.74. The molecule has 3 heterocycles. The SMILES string of the molecule is CCC[C@H](C(=O)OC(C)(C)C)[C@H](Cc1ccc(-c2c(C)nn(C)c2C)nc1)c1nn[nH]n1. The third-order valence-electron chi connectivity index (χ3n) is 5.53. The zero-order valence-corrected chi connectivity index (χ0v) is 20.0. The Labute approximate surface area is 189 Å². The van der Waals surface area contributed by atoms with Gasteiger partial charge in [0.15, 0.2) is 5.82 Å². The highest BCUT2D eigenvalue weighted by atomic mass is 16.6. The van der Waals surface area contributed by atoms with E-state index in [1.54, 1.807) is 0 Å². The Kier molecular flexibility index (Phi) is 7.06. The van der Waals surface area contributed by atoms with Crippen molar-refractivity contribution in [3.63, 3.8) is 0 Å². The van der Waals surface area contributed by atoms with Crippen LogP contribution in [-0.4, -0.2) is 47.0 Å². The normalized spacial score (nSPS) is 13.7. The predicted molar refractivity (Wildman–Crippen MR) is 121 cm³/mol. The topological polar surface area (TPSA) is 111 Å². The first kappa shape index (κ1) is 23.6. The lowest BCUT2D eigenvalue weighted by molar-refractivity contribution is -0.161. The molecule has 0 aliphatic heterocycles. The van der Waals surface area contributed by atoms with Crippen LogP contribution in [0.3, 0.4) is 0 Å². The molecule has 0 fully saturated rings. The van der Waals surface area contributed by atoms with Crippen molar-refractivity contribution in [2.75, 3.05) is 0 Å². The minimum Gasteiger partial charge on any atom is -0.460 e. The zero-order valence-electron chi connectivity index (χ0n) is 20.0. The summed E-state index contributed by atoms with van der Waals surface area (Å²) in [6.07, 6.45) is 3.93. The molecule has 0 saturated heterocycles. The fraction of sp³-hybridized carbons (Fsp3) is 0.565. The molecule has 0 radical (unpaired) electrons. The summed E-state index contributed by atoms with van der Waals surface area (Å²) in [4.78, 5) is 17.8. The number of carbonyl (C=O) groups excluding carboxylic acids is 1. The van der Waals surface area contributed by atoms with Gasteiger partial charge in [-0.05, 0) is 59.1 Å². The van der Waals surface area contributed by atoms with Gasteiger partial charge in [0.25, 0.3) is 0 Å². The Morgan fingerprint density at radius 3 is 2.50 bits per heavy atom. The zero-order chi connectivity index (χ0) is 23.5. The molecule has 0 aromatic carbocycles. The van der Waals surface area contributed by atoms with Crippen LogP contribution in [0.2, 0.25) is 0 Å². The number of aromatic amines is 1. The van der Waals surface area contributed by atoms with Crippen molar-refractivity contribution in [3.8, 4) is 11.3 Å². The van der Waals surface area contributed by atoms with Crippen molar-refractivity contribution in [2.24, 2.45) is 13.0 Å².